The Morgan fingerprint density at radius 3 is 2.15 bits per heavy atom. The van der Waals surface area contributed by atoms with Gasteiger partial charge in [0.05, 0.1) is 12.1 Å². The maximum Gasteiger partial charge on any atom is 0.226 e. The lowest BCUT2D eigenvalue weighted by Gasteiger charge is -2.31. The van der Waals surface area contributed by atoms with Gasteiger partial charge in [0.25, 0.3) is 0 Å². The number of carbonyl (C=O) groups is 1. The highest BCUT2D eigenvalue weighted by Crippen LogP contribution is 2.31. The molecule has 0 bridgehead atoms. The highest BCUT2D eigenvalue weighted by molar-refractivity contribution is 7.09. The van der Waals surface area contributed by atoms with E-state index in [0.717, 1.165) is 16.5 Å². The number of thiazole rings is 1. The lowest BCUT2D eigenvalue weighted by Crippen LogP contribution is -2.40. The van der Waals surface area contributed by atoms with Crippen molar-refractivity contribution in [1.29, 1.82) is 0 Å². The lowest BCUT2D eigenvalue weighted by atomic mass is 9.76. The van der Waals surface area contributed by atoms with E-state index in [1.165, 1.54) is 28.0 Å². The summed E-state index contributed by atoms with van der Waals surface area (Å²) in [7, 11) is 0. The van der Waals surface area contributed by atoms with Gasteiger partial charge in [-0.2, -0.15) is 0 Å². The molecule has 1 N–H and O–H groups in total. The maximum absolute atomic E-state index is 12.8. The first-order valence-electron chi connectivity index (χ1n) is 11.0. The van der Waals surface area contributed by atoms with Crippen LogP contribution >= 0.6 is 11.3 Å². The number of rotatable bonds is 9. The summed E-state index contributed by atoms with van der Waals surface area (Å²) >= 11 is 1.52. The molecule has 0 saturated heterocycles. The Bertz CT molecular complexity index is 1130. The predicted octanol–water partition coefficient (Wildman–Crippen LogP) is 5.70. The Labute approximate surface area is 199 Å². The van der Waals surface area contributed by atoms with E-state index in [1.54, 1.807) is 0 Å². The highest BCUT2D eigenvalue weighted by Gasteiger charge is 2.29. The van der Waals surface area contributed by atoms with Crippen LogP contribution in [0.15, 0.2) is 90.3 Å². The topological polar surface area (TPSA) is 51.2 Å². The van der Waals surface area contributed by atoms with Crippen molar-refractivity contribution in [3.05, 3.63) is 118 Å². The molecule has 1 amide bonds. The molecule has 0 saturated carbocycles. The van der Waals surface area contributed by atoms with E-state index in [1.807, 2.05) is 73.0 Å². The molecule has 1 aromatic heterocycles. The molecule has 4 rings (SSSR count). The van der Waals surface area contributed by atoms with Gasteiger partial charge < -0.3 is 10.1 Å². The molecule has 1 heterocycles. The largest absolute Gasteiger partial charge is 0.486 e. The first kappa shape index (κ1) is 22.7. The van der Waals surface area contributed by atoms with Gasteiger partial charge in [-0.1, -0.05) is 78.4 Å². The van der Waals surface area contributed by atoms with Crippen molar-refractivity contribution in [1.82, 2.24) is 10.3 Å². The number of carbonyl (C=O) groups excluding carboxylic acids is 1. The van der Waals surface area contributed by atoms with E-state index in [0.29, 0.717) is 13.2 Å². The van der Waals surface area contributed by atoms with Crippen molar-refractivity contribution < 1.29 is 9.53 Å². The molecule has 0 atom stereocenters. The van der Waals surface area contributed by atoms with Crippen LogP contribution in [0.25, 0.3) is 0 Å². The van der Waals surface area contributed by atoms with E-state index in [4.69, 9.17) is 4.74 Å². The van der Waals surface area contributed by atoms with E-state index in [-0.39, 0.29) is 17.7 Å². The van der Waals surface area contributed by atoms with E-state index in [2.05, 4.69) is 41.5 Å². The van der Waals surface area contributed by atoms with E-state index in [9.17, 15) is 4.79 Å². The summed E-state index contributed by atoms with van der Waals surface area (Å²) in [6, 6.07) is 28.5. The monoisotopic (exact) mass is 456 g/mol. The number of aromatic nitrogens is 1. The van der Waals surface area contributed by atoms with Gasteiger partial charge in [0.2, 0.25) is 5.91 Å². The smallest absolute Gasteiger partial charge is 0.226 e. The second-order valence-electron chi connectivity index (χ2n) is 8.35. The first-order valence-corrected chi connectivity index (χ1v) is 11.9. The molecule has 0 aliphatic heterocycles. The van der Waals surface area contributed by atoms with Crippen molar-refractivity contribution in [3.8, 4) is 5.75 Å². The predicted molar refractivity (Wildman–Crippen MR) is 134 cm³/mol. The third kappa shape index (κ3) is 5.88. The molecular weight excluding hydrogens is 428 g/mol. The van der Waals surface area contributed by atoms with Crippen molar-refractivity contribution in [2.45, 2.75) is 32.3 Å². The molecule has 4 nitrogen and oxygen atoms in total. The zero-order chi connectivity index (χ0) is 23.1. The minimum absolute atomic E-state index is 0.0376. The molecule has 0 spiro atoms. The Morgan fingerprint density at radius 1 is 0.939 bits per heavy atom. The SMILES string of the molecule is Cc1ccc(OCc2nc(CC(=O)NCC(C)(c3ccccc3)c3ccccc3)cs2)cc1. The fourth-order valence-electron chi connectivity index (χ4n) is 3.76. The second-order valence-corrected chi connectivity index (χ2v) is 9.29. The highest BCUT2D eigenvalue weighted by atomic mass is 32.1. The van der Waals surface area contributed by atoms with Crippen LogP contribution in [0.1, 0.15) is 34.3 Å². The van der Waals surface area contributed by atoms with Crippen LogP contribution in [-0.4, -0.2) is 17.4 Å². The van der Waals surface area contributed by atoms with Crippen molar-refractivity contribution >= 4 is 17.2 Å². The van der Waals surface area contributed by atoms with Crippen molar-refractivity contribution in [2.75, 3.05) is 6.54 Å². The van der Waals surface area contributed by atoms with Crippen LogP contribution in [0.3, 0.4) is 0 Å². The number of nitrogens with zero attached hydrogens (tertiary/aromatic N) is 1. The van der Waals surface area contributed by atoms with Crippen LogP contribution in [0.5, 0.6) is 5.75 Å². The Hall–Kier alpha value is -3.44. The maximum atomic E-state index is 12.8. The van der Waals surface area contributed by atoms with Crippen molar-refractivity contribution in [2.24, 2.45) is 0 Å². The first-order chi connectivity index (χ1) is 16.0. The van der Waals surface area contributed by atoms with Crippen LogP contribution in [0, 0.1) is 6.92 Å². The van der Waals surface area contributed by atoms with Gasteiger partial charge in [0.1, 0.15) is 17.4 Å². The number of benzene rings is 3. The molecule has 33 heavy (non-hydrogen) atoms. The van der Waals surface area contributed by atoms with Crippen molar-refractivity contribution in [3.63, 3.8) is 0 Å². The fraction of sp³-hybridized carbons (Fsp3) is 0.214. The fourth-order valence-corrected chi connectivity index (χ4v) is 4.47. The lowest BCUT2D eigenvalue weighted by molar-refractivity contribution is -0.120. The summed E-state index contributed by atoms with van der Waals surface area (Å²) in [5.74, 6) is 0.778. The number of hydrogen-bond donors (Lipinski definition) is 1. The third-order valence-corrected chi connectivity index (χ3v) is 6.66. The summed E-state index contributed by atoms with van der Waals surface area (Å²) in [4.78, 5) is 17.3. The quantitative estimate of drug-likeness (QED) is 0.352. The zero-order valence-corrected chi connectivity index (χ0v) is 19.8. The van der Waals surface area contributed by atoms with Crippen LogP contribution in [0.2, 0.25) is 0 Å². The summed E-state index contributed by atoms with van der Waals surface area (Å²) in [5, 5.41) is 5.93. The Morgan fingerprint density at radius 2 is 1.55 bits per heavy atom. The standard InChI is InChI=1S/C28H28N2O2S/c1-21-13-15-25(16-14-21)32-18-27-30-24(19-33-27)17-26(31)29-20-28(2,22-9-5-3-6-10-22)23-11-7-4-8-12-23/h3-16,19H,17-18,20H2,1-2H3,(H,29,31). The van der Waals surface area contributed by atoms with E-state index < -0.39 is 0 Å². The average Bonchev–Trinajstić information content (AvgIpc) is 3.30. The minimum Gasteiger partial charge on any atom is -0.486 e. The van der Waals surface area contributed by atoms with E-state index >= 15 is 0 Å². The number of hydrogen-bond acceptors (Lipinski definition) is 4. The van der Waals surface area contributed by atoms with Gasteiger partial charge in [0, 0.05) is 17.3 Å². The van der Waals surface area contributed by atoms with Crippen LogP contribution in [-0.2, 0) is 23.2 Å². The Kier molecular flexibility index (Phi) is 7.20. The van der Waals surface area contributed by atoms with Gasteiger partial charge in [0.15, 0.2) is 0 Å². The minimum atomic E-state index is -0.326. The molecule has 3 aromatic carbocycles. The molecule has 5 heteroatoms. The summed E-state index contributed by atoms with van der Waals surface area (Å²) in [5.41, 5.74) is 3.97. The average molecular weight is 457 g/mol. The molecular formula is C28H28N2O2S. The van der Waals surface area contributed by atoms with Crippen LogP contribution < -0.4 is 10.1 Å². The number of aryl methyl sites for hydroxylation is 1. The molecule has 0 aliphatic rings. The molecule has 0 unspecified atom stereocenters. The van der Waals surface area contributed by atoms with Crippen LogP contribution in [0.4, 0.5) is 0 Å². The molecule has 0 aliphatic carbocycles. The number of ether oxygens (including phenoxy) is 1. The summed E-state index contributed by atoms with van der Waals surface area (Å²) in [6.45, 7) is 5.12. The van der Waals surface area contributed by atoms with Gasteiger partial charge in [-0.25, -0.2) is 4.98 Å². The molecule has 0 fully saturated rings. The third-order valence-electron chi connectivity index (χ3n) is 5.79. The number of amides is 1. The number of nitrogens with one attached hydrogen (secondary N) is 1. The Balaban J connectivity index is 1.36. The normalized spacial score (nSPS) is 11.2. The zero-order valence-electron chi connectivity index (χ0n) is 19.0. The summed E-state index contributed by atoms with van der Waals surface area (Å²) in [6.07, 6.45) is 0.251. The van der Waals surface area contributed by atoms with Gasteiger partial charge in [-0.05, 0) is 37.1 Å². The molecule has 0 radical (unpaired) electrons. The second kappa shape index (κ2) is 10.5. The molecule has 4 aromatic rings. The summed E-state index contributed by atoms with van der Waals surface area (Å²) < 4.78 is 5.80. The molecule has 168 valence electrons. The van der Waals surface area contributed by atoms with Gasteiger partial charge >= 0.3 is 0 Å². The van der Waals surface area contributed by atoms with Gasteiger partial charge in [-0.15, -0.1) is 11.3 Å². The van der Waals surface area contributed by atoms with Gasteiger partial charge in [-0.3, -0.25) is 4.79 Å².